The second-order valence-electron chi connectivity index (χ2n) is 4.28. The Morgan fingerprint density at radius 1 is 1.44 bits per heavy atom. The van der Waals surface area contributed by atoms with Gasteiger partial charge in [-0.1, -0.05) is 34.0 Å². The van der Waals surface area contributed by atoms with Crippen molar-refractivity contribution in [2.75, 3.05) is 20.1 Å². The normalized spacial score (nSPS) is 16.7. The minimum absolute atomic E-state index is 0.141. The van der Waals surface area contributed by atoms with Crippen molar-refractivity contribution in [2.24, 2.45) is 4.99 Å². The van der Waals surface area contributed by atoms with Crippen LogP contribution in [0.3, 0.4) is 0 Å². The molecular weight excluding hydrogens is 290 g/mol. The SMILES string of the molecule is C#CC(NC1=NCCCN1C)c1ccc(Br)cc1. The van der Waals surface area contributed by atoms with E-state index in [-0.39, 0.29) is 6.04 Å². The first-order chi connectivity index (χ1) is 8.70. The molecule has 0 saturated carbocycles. The molecule has 0 spiro atoms. The van der Waals surface area contributed by atoms with E-state index in [1.54, 1.807) is 0 Å². The average Bonchev–Trinajstić information content (AvgIpc) is 2.39. The van der Waals surface area contributed by atoms with Gasteiger partial charge in [-0.15, -0.1) is 6.42 Å². The number of benzene rings is 1. The van der Waals surface area contributed by atoms with Crippen molar-refractivity contribution in [2.45, 2.75) is 12.5 Å². The summed E-state index contributed by atoms with van der Waals surface area (Å²) >= 11 is 3.42. The summed E-state index contributed by atoms with van der Waals surface area (Å²) in [5.74, 6) is 3.65. The Hall–Kier alpha value is -1.47. The molecule has 0 aliphatic carbocycles. The zero-order valence-corrected chi connectivity index (χ0v) is 11.9. The molecule has 3 nitrogen and oxygen atoms in total. The molecule has 0 aromatic heterocycles. The van der Waals surface area contributed by atoms with Crippen LogP contribution < -0.4 is 5.32 Å². The third-order valence-electron chi connectivity index (χ3n) is 2.92. The van der Waals surface area contributed by atoms with Crippen LogP contribution in [0.2, 0.25) is 0 Å². The van der Waals surface area contributed by atoms with Crippen molar-refractivity contribution in [3.05, 3.63) is 34.3 Å². The smallest absolute Gasteiger partial charge is 0.194 e. The van der Waals surface area contributed by atoms with Crippen LogP contribution in [0.1, 0.15) is 18.0 Å². The second kappa shape index (κ2) is 5.92. The lowest BCUT2D eigenvalue weighted by Gasteiger charge is -2.28. The van der Waals surface area contributed by atoms with Crippen molar-refractivity contribution < 1.29 is 0 Å². The molecule has 1 heterocycles. The first-order valence-corrected chi connectivity index (χ1v) is 6.73. The minimum Gasteiger partial charge on any atom is -0.346 e. The van der Waals surface area contributed by atoms with Crippen LogP contribution in [-0.4, -0.2) is 31.0 Å². The summed E-state index contributed by atoms with van der Waals surface area (Å²) in [6.07, 6.45) is 6.71. The summed E-state index contributed by atoms with van der Waals surface area (Å²) in [6, 6.07) is 7.88. The number of hydrogen-bond acceptors (Lipinski definition) is 3. The molecule has 1 aromatic carbocycles. The molecule has 2 rings (SSSR count). The molecule has 0 saturated heterocycles. The Kier molecular flexibility index (Phi) is 4.27. The van der Waals surface area contributed by atoms with Gasteiger partial charge in [0.2, 0.25) is 0 Å². The zero-order valence-electron chi connectivity index (χ0n) is 10.4. The van der Waals surface area contributed by atoms with Crippen LogP contribution in [0.5, 0.6) is 0 Å². The lowest BCUT2D eigenvalue weighted by molar-refractivity contribution is 0.442. The molecule has 0 radical (unpaired) electrons. The van der Waals surface area contributed by atoms with E-state index in [2.05, 4.69) is 37.1 Å². The molecule has 0 bridgehead atoms. The van der Waals surface area contributed by atoms with Gasteiger partial charge in [-0.2, -0.15) is 0 Å². The van der Waals surface area contributed by atoms with E-state index in [0.717, 1.165) is 35.5 Å². The quantitative estimate of drug-likeness (QED) is 0.850. The van der Waals surface area contributed by atoms with Gasteiger partial charge in [0.1, 0.15) is 6.04 Å². The van der Waals surface area contributed by atoms with E-state index in [9.17, 15) is 0 Å². The highest BCUT2D eigenvalue weighted by Crippen LogP contribution is 2.17. The predicted molar refractivity (Wildman–Crippen MR) is 78.4 cm³/mol. The summed E-state index contributed by atoms with van der Waals surface area (Å²) < 4.78 is 1.05. The van der Waals surface area contributed by atoms with Gasteiger partial charge in [0.25, 0.3) is 0 Å². The van der Waals surface area contributed by atoms with Gasteiger partial charge in [0.15, 0.2) is 5.96 Å². The number of rotatable bonds is 2. The Labute approximate surface area is 116 Å². The molecule has 1 unspecified atom stereocenters. The maximum absolute atomic E-state index is 5.61. The minimum atomic E-state index is -0.141. The van der Waals surface area contributed by atoms with Crippen molar-refractivity contribution >= 4 is 21.9 Å². The number of aliphatic imine (C=N–C) groups is 1. The molecule has 18 heavy (non-hydrogen) atoms. The van der Waals surface area contributed by atoms with Crippen LogP contribution in [0, 0.1) is 12.3 Å². The van der Waals surface area contributed by atoms with Gasteiger partial charge in [-0.25, -0.2) is 0 Å². The lowest BCUT2D eigenvalue weighted by Crippen LogP contribution is -2.43. The van der Waals surface area contributed by atoms with Crippen molar-refractivity contribution in [1.82, 2.24) is 10.2 Å². The predicted octanol–water partition coefficient (Wildman–Crippen LogP) is 2.40. The third kappa shape index (κ3) is 3.05. The van der Waals surface area contributed by atoms with E-state index in [1.807, 2.05) is 31.3 Å². The van der Waals surface area contributed by atoms with Gasteiger partial charge in [-0.3, -0.25) is 4.99 Å². The van der Waals surface area contributed by atoms with Crippen LogP contribution >= 0.6 is 15.9 Å². The zero-order chi connectivity index (χ0) is 13.0. The summed E-state index contributed by atoms with van der Waals surface area (Å²) in [4.78, 5) is 6.57. The number of nitrogens with zero attached hydrogens (tertiary/aromatic N) is 2. The largest absolute Gasteiger partial charge is 0.346 e. The molecule has 0 amide bonds. The fourth-order valence-electron chi connectivity index (χ4n) is 1.88. The monoisotopic (exact) mass is 305 g/mol. The Morgan fingerprint density at radius 2 is 2.17 bits per heavy atom. The topological polar surface area (TPSA) is 27.6 Å². The maximum atomic E-state index is 5.61. The summed E-state index contributed by atoms with van der Waals surface area (Å²) in [6.45, 7) is 1.88. The second-order valence-corrected chi connectivity index (χ2v) is 5.19. The van der Waals surface area contributed by atoms with Gasteiger partial charge >= 0.3 is 0 Å². The highest BCUT2D eigenvalue weighted by molar-refractivity contribution is 9.10. The summed E-state index contributed by atoms with van der Waals surface area (Å²) in [5.41, 5.74) is 1.07. The first-order valence-electron chi connectivity index (χ1n) is 5.94. The fraction of sp³-hybridized carbons (Fsp3) is 0.357. The van der Waals surface area contributed by atoms with E-state index in [0.29, 0.717) is 0 Å². The van der Waals surface area contributed by atoms with Gasteiger partial charge < -0.3 is 10.2 Å². The average molecular weight is 306 g/mol. The lowest BCUT2D eigenvalue weighted by atomic mass is 10.1. The van der Waals surface area contributed by atoms with E-state index in [4.69, 9.17) is 6.42 Å². The molecule has 0 fully saturated rings. The van der Waals surface area contributed by atoms with Crippen LogP contribution in [0.4, 0.5) is 0 Å². The number of halogens is 1. The van der Waals surface area contributed by atoms with Gasteiger partial charge in [-0.05, 0) is 24.1 Å². The van der Waals surface area contributed by atoms with Crippen molar-refractivity contribution in [3.63, 3.8) is 0 Å². The maximum Gasteiger partial charge on any atom is 0.194 e. The fourth-order valence-corrected chi connectivity index (χ4v) is 2.15. The van der Waals surface area contributed by atoms with Crippen LogP contribution in [0.15, 0.2) is 33.7 Å². The van der Waals surface area contributed by atoms with E-state index in [1.165, 1.54) is 0 Å². The molecule has 4 heteroatoms. The van der Waals surface area contributed by atoms with Crippen LogP contribution in [-0.2, 0) is 0 Å². The standard InChI is InChI=1S/C14H16BrN3/c1-3-13(11-5-7-12(15)8-6-11)17-14-16-9-4-10-18(14)2/h1,5-8,13H,4,9-10H2,2H3,(H,16,17). The van der Waals surface area contributed by atoms with E-state index >= 15 is 0 Å². The number of terminal acetylenes is 1. The molecule has 1 aliphatic heterocycles. The number of nitrogens with one attached hydrogen (secondary N) is 1. The van der Waals surface area contributed by atoms with Crippen molar-refractivity contribution in [3.8, 4) is 12.3 Å². The Morgan fingerprint density at radius 3 is 2.78 bits per heavy atom. The number of guanidine groups is 1. The Bertz CT molecular complexity index is 473. The van der Waals surface area contributed by atoms with Crippen molar-refractivity contribution in [1.29, 1.82) is 0 Å². The van der Waals surface area contributed by atoms with E-state index < -0.39 is 0 Å². The Balaban J connectivity index is 2.13. The highest BCUT2D eigenvalue weighted by atomic mass is 79.9. The van der Waals surface area contributed by atoms with Crippen LogP contribution in [0.25, 0.3) is 0 Å². The highest BCUT2D eigenvalue weighted by Gasteiger charge is 2.15. The van der Waals surface area contributed by atoms with Gasteiger partial charge in [0.05, 0.1) is 0 Å². The summed E-state index contributed by atoms with van der Waals surface area (Å²) in [7, 11) is 2.03. The molecule has 1 N–H and O–H groups in total. The number of hydrogen-bond donors (Lipinski definition) is 1. The summed E-state index contributed by atoms with van der Waals surface area (Å²) in [5, 5.41) is 3.32. The molecule has 1 atom stereocenters. The third-order valence-corrected chi connectivity index (χ3v) is 3.45. The molecular formula is C14H16BrN3. The van der Waals surface area contributed by atoms with Gasteiger partial charge in [0, 0.05) is 24.6 Å². The molecule has 1 aliphatic rings. The molecule has 1 aromatic rings. The first kappa shape index (κ1) is 13.0. The molecule has 94 valence electrons.